The van der Waals surface area contributed by atoms with Gasteiger partial charge in [-0.25, -0.2) is 9.78 Å². The lowest BCUT2D eigenvalue weighted by Crippen LogP contribution is -2.29. The van der Waals surface area contributed by atoms with Crippen LogP contribution in [0.1, 0.15) is 30.1 Å². The molecule has 0 N–H and O–H groups in total. The summed E-state index contributed by atoms with van der Waals surface area (Å²) in [4.78, 5) is 17.8. The van der Waals surface area contributed by atoms with E-state index in [1.54, 1.807) is 19.2 Å². The van der Waals surface area contributed by atoms with Crippen molar-refractivity contribution >= 4 is 11.8 Å². The smallest absolute Gasteiger partial charge is 0.339 e. The molecule has 2 heterocycles. The number of likely N-dealkylation sites (N-methyl/N-ethyl adjacent to an activating group) is 1. The minimum absolute atomic E-state index is 0.288. The summed E-state index contributed by atoms with van der Waals surface area (Å²) in [7, 11) is 1.98. The molecule has 19 heavy (non-hydrogen) atoms. The first-order valence-electron chi connectivity index (χ1n) is 6.66. The number of aromatic nitrogens is 1. The molecule has 0 radical (unpaired) electrons. The normalized spacial score (nSPS) is 18.3. The van der Waals surface area contributed by atoms with E-state index in [1.165, 1.54) is 0 Å². The molecular formula is C14H20N2O3. The van der Waals surface area contributed by atoms with Crippen LogP contribution >= 0.6 is 0 Å². The van der Waals surface area contributed by atoms with Crippen LogP contribution in [0.15, 0.2) is 18.3 Å². The maximum Gasteiger partial charge on any atom is 0.339 e. The van der Waals surface area contributed by atoms with Crippen LogP contribution in [-0.4, -0.2) is 43.9 Å². The van der Waals surface area contributed by atoms with E-state index in [2.05, 4.69) is 4.98 Å². The summed E-state index contributed by atoms with van der Waals surface area (Å²) in [6.45, 7) is 3.84. The van der Waals surface area contributed by atoms with Crippen molar-refractivity contribution in [2.24, 2.45) is 0 Å². The number of hydrogen-bond donors (Lipinski definition) is 0. The molecule has 0 saturated carbocycles. The fourth-order valence-corrected chi connectivity index (χ4v) is 2.13. The summed E-state index contributed by atoms with van der Waals surface area (Å²) in [5, 5.41) is 0. The molecule has 1 saturated heterocycles. The maximum atomic E-state index is 11.5. The second-order valence-corrected chi connectivity index (χ2v) is 4.64. The van der Waals surface area contributed by atoms with Gasteiger partial charge in [0.2, 0.25) is 0 Å². The first-order chi connectivity index (χ1) is 9.20. The zero-order chi connectivity index (χ0) is 13.7. The van der Waals surface area contributed by atoms with Crippen molar-refractivity contribution in [1.29, 1.82) is 0 Å². The minimum atomic E-state index is -0.330. The van der Waals surface area contributed by atoms with E-state index in [-0.39, 0.29) is 12.1 Å². The van der Waals surface area contributed by atoms with Crippen LogP contribution in [-0.2, 0) is 9.47 Å². The number of hydrogen-bond acceptors (Lipinski definition) is 5. The van der Waals surface area contributed by atoms with E-state index >= 15 is 0 Å². The molecule has 1 aliphatic heterocycles. The lowest BCUT2D eigenvalue weighted by molar-refractivity contribution is 0.0526. The summed E-state index contributed by atoms with van der Waals surface area (Å²) in [5.74, 6) is 0.506. The molecule has 5 heteroatoms. The van der Waals surface area contributed by atoms with Gasteiger partial charge in [0.15, 0.2) is 0 Å². The predicted molar refractivity (Wildman–Crippen MR) is 72.4 cm³/mol. The van der Waals surface area contributed by atoms with Crippen LogP contribution in [0.5, 0.6) is 0 Å². The van der Waals surface area contributed by atoms with E-state index in [0.29, 0.717) is 12.2 Å². The van der Waals surface area contributed by atoms with Gasteiger partial charge in [-0.05, 0) is 31.9 Å². The Morgan fingerprint density at radius 2 is 2.42 bits per heavy atom. The molecule has 1 aromatic rings. The van der Waals surface area contributed by atoms with Crippen molar-refractivity contribution in [2.75, 3.05) is 31.7 Å². The average Bonchev–Trinajstić information content (AvgIpc) is 2.92. The Morgan fingerprint density at radius 1 is 1.58 bits per heavy atom. The number of rotatable bonds is 5. The zero-order valence-electron chi connectivity index (χ0n) is 11.5. The number of anilines is 1. The summed E-state index contributed by atoms with van der Waals surface area (Å²) < 4.78 is 10.5. The Balaban J connectivity index is 1.94. The van der Waals surface area contributed by atoms with Crippen molar-refractivity contribution < 1.29 is 14.3 Å². The topological polar surface area (TPSA) is 51.7 Å². The number of nitrogens with zero attached hydrogens (tertiary/aromatic N) is 2. The minimum Gasteiger partial charge on any atom is -0.462 e. The highest BCUT2D eigenvalue weighted by atomic mass is 16.5. The van der Waals surface area contributed by atoms with Gasteiger partial charge in [0, 0.05) is 26.4 Å². The molecule has 1 unspecified atom stereocenters. The number of ether oxygens (including phenoxy) is 2. The largest absolute Gasteiger partial charge is 0.462 e. The van der Waals surface area contributed by atoms with Gasteiger partial charge in [-0.3, -0.25) is 0 Å². The molecule has 1 aromatic heterocycles. The van der Waals surface area contributed by atoms with Crippen LogP contribution < -0.4 is 4.90 Å². The van der Waals surface area contributed by atoms with Crippen LogP contribution in [0, 0.1) is 0 Å². The molecule has 1 aliphatic rings. The molecule has 104 valence electrons. The van der Waals surface area contributed by atoms with Gasteiger partial charge in [0.05, 0.1) is 18.3 Å². The van der Waals surface area contributed by atoms with Gasteiger partial charge in [-0.2, -0.15) is 0 Å². The van der Waals surface area contributed by atoms with Gasteiger partial charge in [0.1, 0.15) is 5.82 Å². The first-order valence-corrected chi connectivity index (χ1v) is 6.66. The Bertz CT molecular complexity index is 413. The molecule has 2 rings (SSSR count). The second kappa shape index (κ2) is 6.52. The third-order valence-corrected chi connectivity index (χ3v) is 3.15. The highest BCUT2D eigenvalue weighted by Gasteiger charge is 2.18. The van der Waals surface area contributed by atoms with E-state index < -0.39 is 0 Å². The molecule has 0 amide bonds. The fraction of sp³-hybridized carbons (Fsp3) is 0.571. The van der Waals surface area contributed by atoms with Crippen LogP contribution in [0.3, 0.4) is 0 Å². The van der Waals surface area contributed by atoms with Gasteiger partial charge in [-0.1, -0.05) is 0 Å². The van der Waals surface area contributed by atoms with E-state index in [4.69, 9.17) is 9.47 Å². The summed E-state index contributed by atoms with van der Waals surface area (Å²) >= 11 is 0. The van der Waals surface area contributed by atoms with Crippen LogP contribution in [0.25, 0.3) is 0 Å². The summed E-state index contributed by atoms with van der Waals surface area (Å²) in [6, 6.07) is 3.58. The Labute approximate surface area is 113 Å². The quantitative estimate of drug-likeness (QED) is 0.760. The molecule has 0 bridgehead atoms. The molecule has 0 aliphatic carbocycles. The van der Waals surface area contributed by atoms with Crippen molar-refractivity contribution in [3.8, 4) is 0 Å². The molecule has 5 nitrogen and oxygen atoms in total. The van der Waals surface area contributed by atoms with Gasteiger partial charge in [-0.15, -0.1) is 0 Å². The monoisotopic (exact) mass is 264 g/mol. The zero-order valence-corrected chi connectivity index (χ0v) is 11.5. The van der Waals surface area contributed by atoms with Gasteiger partial charge >= 0.3 is 5.97 Å². The first kappa shape index (κ1) is 13.8. The Hall–Kier alpha value is -1.62. The number of carbonyl (C=O) groups is 1. The van der Waals surface area contributed by atoms with Crippen LogP contribution in [0.2, 0.25) is 0 Å². The highest BCUT2D eigenvalue weighted by molar-refractivity contribution is 5.89. The predicted octanol–water partition coefficient (Wildman–Crippen LogP) is 1.87. The van der Waals surface area contributed by atoms with E-state index in [9.17, 15) is 4.79 Å². The third kappa shape index (κ3) is 3.67. The lowest BCUT2D eigenvalue weighted by Gasteiger charge is -2.21. The van der Waals surface area contributed by atoms with E-state index in [1.807, 2.05) is 18.0 Å². The fourth-order valence-electron chi connectivity index (χ4n) is 2.13. The standard InChI is InChI=1S/C14H20N2O3/c1-3-18-14(17)11-6-7-13(15-9-11)16(2)10-12-5-4-8-19-12/h6-7,9,12H,3-5,8,10H2,1-2H3. The molecule has 1 fully saturated rings. The number of pyridine rings is 1. The average molecular weight is 264 g/mol. The van der Waals surface area contributed by atoms with Crippen LogP contribution in [0.4, 0.5) is 5.82 Å². The Kier molecular flexibility index (Phi) is 4.74. The molecule has 0 spiro atoms. The molecular weight excluding hydrogens is 244 g/mol. The third-order valence-electron chi connectivity index (χ3n) is 3.15. The van der Waals surface area contributed by atoms with E-state index in [0.717, 1.165) is 31.8 Å². The highest BCUT2D eigenvalue weighted by Crippen LogP contribution is 2.16. The van der Waals surface area contributed by atoms with Gasteiger partial charge in [0.25, 0.3) is 0 Å². The summed E-state index contributed by atoms with van der Waals surface area (Å²) in [5.41, 5.74) is 0.483. The molecule has 1 atom stereocenters. The number of esters is 1. The van der Waals surface area contributed by atoms with Crippen molar-refractivity contribution in [3.63, 3.8) is 0 Å². The SMILES string of the molecule is CCOC(=O)c1ccc(N(C)CC2CCCO2)nc1. The summed E-state index contributed by atoms with van der Waals surface area (Å²) in [6.07, 6.45) is 4.08. The van der Waals surface area contributed by atoms with Crippen molar-refractivity contribution in [1.82, 2.24) is 4.98 Å². The Morgan fingerprint density at radius 3 is 3.00 bits per heavy atom. The van der Waals surface area contributed by atoms with Crippen molar-refractivity contribution in [3.05, 3.63) is 23.9 Å². The lowest BCUT2D eigenvalue weighted by atomic mass is 10.2. The van der Waals surface area contributed by atoms with Crippen molar-refractivity contribution in [2.45, 2.75) is 25.9 Å². The molecule has 0 aromatic carbocycles. The maximum absolute atomic E-state index is 11.5. The second-order valence-electron chi connectivity index (χ2n) is 4.64. The number of carbonyl (C=O) groups excluding carboxylic acids is 1. The van der Waals surface area contributed by atoms with Gasteiger partial charge < -0.3 is 14.4 Å².